The Kier molecular flexibility index (Phi) is 4.11. The lowest BCUT2D eigenvalue weighted by Gasteiger charge is -2.38. The van der Waals surface area contributed by atoms with E-state index in [1.807, 2.05) is 0 Å². The van der Waals surface area contributed by atoms with Crippen LogP contribution in [0.4, 0.5) is 0 Å². The molecule has 6 heteroatoms. The van der Waals surface area contributed by atoms with Crippen LogP contribution in [0.2, 0.25) is 0 Å². The van der Waals surface area contributed by atoms with E-state index in [1.165, 1.54) is 12.8 Å². The molecule has 0 saturated carbocycles. The molecule has 1 saturated heterocycles. The molecule has 3 rings (SSSR count). The zero-order chi connectivity index (χ0) is 15.7. The molecule has 1 aliphatic rings. The van der Waals surface area contributed by atoms with Crippen molar-refractivity contribution in [1.82, 2.24) is 19.5 Å². The van der Waals surface area contributed by atoms with E-state index in [9.17, 15) is 9.90 Å². The first-order chi connectivity index (χ1) is 10.6. The topological polar surface area (TPSA) is 70.7 Å². The van der Waals surface area contributed by atoms with E-state index in [0.29, 0.717) is 17.7 Å². The van der Waals surface area contributed by atoms with Gasteiger partial charge in [-0.1, -0.05) is 6.42 Å². The molecular formula is C16H22N4O2. The summed E-state index contributed by atoms with van der Waals surface area (Å²) in [6.07, 6.45) is 6.16. The highest BCUT2D eigenvalue weighted by Crippen LogP contribution is 2.22. The lowest BCUT2D eigenvalue weighted by molar-refractivity contribution is 0.0698. The van der Waals surface area contributed by atoms with Gasteiger partial charge in [0.15, 0.2) is 11.5 Å². The van der Waals surface area contributed by atoms with Crippen LogP contribution in [0, 0.1) is 0 Å². The van der Waals surface area contributed by atoms with Gasteiger partial charge in [-0.2, -0.15) is 5.10 Å². The van der Waals surface area contributed by atoms with E-state index in [-0.39, 0.29) is 5.56 Å². The number of nitrogens with zero attached hydrogens (tertiary/aromatic N) is 4. The summed E-state index contributed by atoms with van der Waals surface area (Å²) in [4.78, 5) is 18.2. The van der Waals surface area contributed by atoms with Crippen molar-refractivity contribution in [1.29, 1.82) is 0 Å². The molecule has 0 aromatic carbocycles. The van der Waals surface area contributed by atoms with Gasteiger partial charge in [0.05, 0.1) is 0 Å². The fourth-order valence-electron chi connectivity index (χ4n) is 3.34. The fraction of sp³-hybridized carbons (Fsp3) is 0.562. The summed E-state index contributed by atoms with van der Waals surface area (Å²) in [5.74, 6) is -0.239. The average molecular weight is 302 g/mol. The summed E-state index contributed by atoms with van der Waals surface area (Å²) in [7, 11) is 0. The third-order valence-corrected chi connectivity index (χ3v) is 4.39. The monoisotopic (exact) mass is 302 g/mol. The van der Waals surface area contributed by atoms with Crippen LogP contribution < -0.4 is 0 Å². The molecule has 118 valence electrons. The average Bonchev–Trinajstić information content (AvgIpc) is 2.89. The first-order valence-electron chi connectivity index (χ1n) is 7.89. The third-order valence-electron chi connectivity index (χ3n) is 4.39. The largest absolute Gasteiger partial charge is 0.478 e. The number of hydrogen-bond acceptors (Lipinski definition) is 4. The van der Waals surface area contributed by atoms with Crippen molar-refractivity contribution in [3.8, 4) is 0 Å². The molecular weight excluding hydrogens is 280 g/mol. The van der Waals surface area contributed by atoms with Crippen LogP contribution >= 0.6 is 0 Å². The molecule has 1 fully saturated rings. The van der Waals surface area contributed by atoms with Crippen molar-refractivity contribution in [3.63, 3.8) is 0 Å². The van der Waals surface area contributed by atoms with Gasteiger partial charge in [0.1, 0.15) is 5.56 Å². The number of hydrogen-bond donors (Lipinski definition) is 1. The van der Waals surface area contributed by atoms with Crippen LogP contribution in [0.1, 0.15) is 49.3 Å². The van der Waals surface area contributed by atoms with Crippen molar-refractivity contribution in [2.24, 2.45) is 0 Å². The maximum Gasteiger partial charge on any atom is 0.339 e. The number of carboxylic acids is 1. The third kappa shape index (κ3) is 2.83. The van der Waals surface area contributed by atoms with Gasteiger partial charge in [-0.25, -0.2) is 14.3 Å². The minimum Gasteiger partial charge on any atom is -0.478 e. The van der Waals surface area contributed by atoms with Gasteiger partial charge < -0.3 is 5.11 Å². The Morgan fingerprint density at radius 1 is 1.45 bits per heavy atom. The number of rotatable bonds is 4. The molecule has 0 spiro atoms. The molecule has 2 aromatic heterocycles. The normalized spacial score (nSPS) is 19.9. The number of piperidine rings is 1. The predicted octanol–water partition coefficient (Wildman–Crippen LogP) is 2.23. The molecule has 22 heavy (non-hydrogen) atoms. The Bertz CT molecular complexity index is 680. The van der Waals surface area contributed by atoms with E-state index in [4.69, 9.17) is 0 Å². The van der Waals surface area contributed by atoms with E-state index in [2.05, 4.69) is 28.8 Å². The first kappa shape index (κ1) is 15.0. The molecule has 1 aliphatic heterocycles. The van der Waals surface area contributed by atoms with Crippen molar-refractivity contribution >= 4 is 11.6 Å². The number of carboxylic acid groups (broad SMARTS) is 1. The fourth-order valence-corrected chi connectivity index (χ4v) is 3.34. The van der Waals surface area contributed by atoms with E-state index >= 15 is 0 Å². The van der Waals surface area contributed by atoms with E-state index in [1.54, 1.807) is 22.8 Å². The van der Waals surface area contributed by atoms with Crippen LogP contribution in [-0.2, 0) is 6.42 Å². The molecule has 0 radical (unpaired) electrons. The molecule has 6 nitrogen and oxygen atoms in total. The van der Waals surface area contributed by atoms with E-state index < -0.39 is 5.97 Å². The number of carbonyl (C=O) groups is 1. The summed E-state index contributed by atoms with van der Waals surface area (Å²) in [6.45, 7) is 5.56. The standard InChI is InChI=1S/C16H22N4O2/c1-11(2)19-8-4-3-6-12(19)10-14-17-15-13(16(21)22)7-5-9-20(15)18-14/h5,7,9,11-12H,3-4,6,8,10H2,1-2H3,(H,21,22). The second-order valence-corrected chi connectivity index (χ2v) is 6.21. The minimum absolute atomic E-state index is 0.200. The molecule has 0 aliphatic carbocycles. The van der Waals surface area contributed by atoms with Crippen molar-refractivity contribution in [2.45, 2.75) is 51.6 Å². The van der Waals surface area contributed by atoms with Gasteiger partial charge >= 0.3 is 5.97 Å². The van der Waals surface area contributed by atoms with Crippen molar-refractivity contribution < 1.29 is 9.90 Å². The number of pyridine rings is 1. The zero-order valence-electron chi connectivity index (χ0n) is 13.1. The Labute approximate surface area is 129 Å². The van der Waals surface area contributed by atoms with Gasteiger partial charge in [0.2, 0.25) is 0 Å². The quantitative estimate of drug-likeness (QED) is 0.938. The first-order valence-corrected chi connectivity index (χ1v) is 7.89. The van der Waals surface area contributed by atoms with Gasteiger partial charge in [-0.05, 0) is 45.4 Å². The summed E-state index contributed by atoms with van der Waals surface area (Å²) >= 11 is 0. The van der Waals surface area contributed by atoms with Gasteiger partial charge in [0, 0.05) is 24.7 Å². The summed E-state index contributed by atoms with van der Waals surface area (Å²) < 4.78 is 1.57. The summed E-state index contributed by atoms with van der Waals surface area (Å²) in [5.41, 5.74) is 0.627. The predicted molar refractivity (Wildman–Crippen MR) is 83.1 cm³/mol. The van der Waals surface area contributed by atoms with Crippen molar-refractivity contribution in [3.05, 3.63) is 29.7 Å². The molecule has 3 heterocycles. The van der Waals surface area contributed by atoms with Gasteiger partial charge in [-0.15, -0.1) is 0 Å². The van der Waals surface area contributed by atoms with Crippen LogP contribution in [0.3, 0.4) is 0 Å². The van der Waals surface area contributed by atoms with Crippen molar-refractivity contribution in [2.75, 3.05) is 6.54 Å². The van der Waals surface area contributed by atoms with E-state index in [0.717, 1.165) is 25.2 Å². The molecule has 0 amide bonds. The second kappa shape index (κ2) is 6.04. The highest BCUT2D eigenvalue weighted by Gasteiger charge is 2.26. The maximum atomic E-state index is 11.3. The minimum atomic E-state index is -0.967. The molecule has 0 bridgehead atoms. The van der Waals surface area contributed by atoms with Crippen LogP contribution in [0.15, 0.2) is 18.3 Å². The van der Waals surface area contributed by atoms with Crippen LogP contribution in [0.5, 0.6) is 0 Å². The Balaban J connectivity index is 1.87. The lowest BCUT2D eigenvalue weighted by Crippen LogP contribution is -2.45. The highest BCUT2D eigenvalue weighted by atomic mass is 16.4. The Morgan fingerprint density at radius 3 is 3.00 bits per heavy atom. The summed E-state index contributed by atoms with van der Waals surface area (Å²) in [5, 5.41) is 13.7. The van der Waals surface area contributed by atoms with Crippen LogP contribution in [0.25, 0.3) is 5.65 Å². The lowest BCUT2D eigenvalue weighted by atomic mass is 9.97. The highest BCUT2D eigenvalue weighted by molar-refractivity contribution is 5.94. The molecule has 1 atom stereocenters. The number of fused-ring (bicyclic) bond motifs is 1. The number of aromatic nitrogens is 3. The van der Waals surface area contributed by atoms with Crippen LogP contribution in [-0.4, -0.2) is 49.2 Å². The second-order valence-electron chi connectivity index (χ2n) is 6.21. The van der Waals surface area contributed by atoms with Gasteiger partial charge in [0.25, 0.3) is 0 Å². The molecule has 1 N–H and O–H groups in total. The maximum absolute atomic E-state index is 11.3. The van der Waals surface area contributed by atoms with Gasteiger partial charge in [-0.3, -0.25) is 4.90 Å². The smallest absolute Gasteiger partial charge is 0.339 e. The molecule has 1 unspecified atom stereocenters. The number of aromatic carboxylic acids is 1. The Hall–Kier alpha value is -1.95. The Morgan fingerprint density at radius 2 is 2.27 bits per heavy atom. The SMILES string of the molecule is CC(C)N1CCCCC1Cc1nc2c(C(=O)O)cccn2n1. The zero-order valence-corrected chi connectivity index (χ0v) is 13.1. The summed E-state index contributed by atoms with van der Waals surface area (Å²) in [6, 6.07) is 4.21. The number of likely N-dealkylation sites (tertiary alicyclic amines) is 1. The molecule has 2 aromatic rings.